The van der Waals surface area contributed by atoms with Crippen LogP contribution in [0.15, 0.2) is 47.6 Å². The lowest BCUT2D eigenvalue weighted by molar-refractivity contribution is -0.384. The van der Waals surface area contributed by atoms with Gasteiger partial charge in [-0.15, -0.1) is 0 Å². The number of aromatic amines is 1. The number of carbonyl (C=O) groups excluding carboxylic acids is 1. The lowest BCUT2D eigenvalue weighted by Crippen LogP contribution is -2.18. The molecule has 0 saturated carbocycles. The van der Waals surface area contributed by atoms with Crippen LogP contribution < -0.4 is 10.2 Å². The lowest BCUT2D eigenvalue weighted by Gasteiger charge is -2.04. The zero-order chi connectivity index (χ0) is 20.8. The molecule has 0 aliphatic rings. The Hall–Kier alpha value is -3.68. The predicted octanol–water partition coefficient (Wildman–Crippen LogP) is 4.33. The Morgan fingerprint density at radius 2 is 2.03 bits per heavy atom. The second kappa shape index (κ2) is 9.01. The van der Waals surface area contributed by atoms with Gasteiger partial charge in [0.2, 0.25) is 0 Å². The van der Waals surface area contributed by atoms with Gasteiger partial charge < -0.3 is 9.72 Å². The quantitative estimate of drug-likeness (QED) is 0.256. The van der Waals surface area contributed by atoms with E-state index in [0.29, 0.717) is 28.8 Å². The first-order valence-corrected chi connectivity index (χ1v) is 9.32. The zero-order valence-electron chi connectivity index (χ0n) is 16.3. The fourth-order valence-electron chi connectivity index (χ4n) is 2.86. The highest BCUT2D eigenvalue weighted by atomic mass is 16.6. The summed E-state index contributed by atoms with van der Waals surface area (Å²) in [6, 6.07) is 11.8. The summed E-state index contributed by atoms with van der Waals surface area (Å²) < 4.78 is 5.61. The molecule has 1 aromatic heterocycles. The van der Waals surface area contributed by atoms with Crippen LogP contribution in [0, 0.1) is 17.0 Å². The minimum atomic E-state index is -0.462. The number of hydrogen-bond donors (Lipinski definition) is 2. The molecule has 2 N–H and O–H groups in total. The molecule has 0 saturated heterocycles. The maximum absolute atomic E-state index is 12.4. The van der Waals surface area contributed by atoms with E-state index in [0.717, 1.165) is 24.2 Å². The lowest BCUT2D eigenvalue weighted by atomic mass is 10.1. The number of aromatic nitrogens is 1. The SMILES string of the molecule is CCCCOc1ccc(/C=N/NC(=O)c2[nH]c3ccc([N+](=O)[O-])cc3c2C)cc1. The molecule has 0 atom stereocenters. The van der Waals surface area contributed by atoms with E-state index in [1.165, 1.54) is 18.3 Å². The highest BCUT2D eigenvalue weighted by Crippen LogP contribution is 2.26. The normalized spacial score (nSPS) is 11.1. The van der Waals surface area contributed by atoms with Crippen molar-refractivity contribution >= 4 is 28.7 Å². The molecule has 8 heteroatoms. The number of aryl methyl sites for hydroxylation is 1. The summed E-state index contributed by atoms with van der Waals surface area (Å²) in [5, 5.41) is 15.6. The third kappa shape index (κ3) is 4.78. The van der Waals surface area contributed by atoms with Crippen LogP contribution in [0.4, 0.5) is 5.69 Å². The average molecular weight is 394 g/mol. The summed E-state index contributed by atoms with van der Waals surface area (Å²) in [4.78, 5) is 25.9. The van der Waals surface area contributed by atoms with Crippen LogP contribution in [0.5, 0.6) is 5.75 Å². The van der Waals surface area contributed by atoms with Crippen LogP contribution in [-0.2, 0) is 0 Å². The van der Waals surface area contributed by atoms with Crippen molar-refractivity contribution in [1.29, 1.82) is 0 Å². The Morgan fingerprint density at radius 3 is 2.72 bits per heavy atom. The molecule has 0 aliphatic carbocycles. The van der Waals surface area contributed by atoms with E-state index in [9.17, 15) is 14.9 Å². The van der Waals surface area contributed by atoms with Crippen molar-refractivity contribution in [2.24, 2.45) is 5.10 Å². The number of non-ortho nitro benzene ring substituents is 1. The van der Waals surface area contributed by atoms with E-state index in [4.69, 9.17) is 4.74 Å². The highest BCUT2D eigenvalue weighted by molar-refractivity contribution is 6.01. The molecule has 0 unspecified atom stereocenters. The molecule has 0 bridgehead atoms. The third-order valence-electron chi connectivity index (χ3n) is 4.51. The fourth-order valence-corrected chi connectivity index (χ4v) is 2.86. The number of rotatable bonds is 8. The van der Waals surface area contributed by atoms with Crippen molar-refractivity contribution in [3.05, 3.63) is 69.4 Å². The minimum Gasteiger partial charge on any atom is -0.494 e. The molecule has 2 aromatic carbocycles. The van der Waals surface area contributed by atoms with Crippen LogP contribution >= 0.6 is 0 Å². The monoisotopic (exact) mass is 394 g/mol. The second-order valence-electron chi connectivity index (χ2n) is 6.58. The number of nitrogens with zero attached hydrogens (tertiary/aromatic N) is 2. The molecular formula is C21H22N4O4. The maximum Gasteiger partial charge on any atom is 0.288 e. The maximum atomic E-state index is 12.4. The van der Waals surface area contributed by atoms with Gasteiger partial charge in [0, 0.05) is 23.0 Å². The van der Waals surface area contributed by atoms with Gasteiger partial charge in [-0.05, 0) is 54.8 Å². The summed E-state index contributed by atoms with van der Waals surface area (Å²) in [5.74, 6) is 0.375. The first kappa shape index (κ1) is 20.1. The van der Waals surface area contributed by atoms with Crippen LogP contribution in [0.25, 0.3) is 10.9 Å². The molecular weight excluding hydrogens is 372 g/mol. The topological polar surface area (TPSA) is 110 Å². The molecule has 150 valence electrons. The fraction of sp³-hybridized carbons (Fsp3) is 0.238. The Labute approximate surface area is 167 Å². The Bertz CT molecular complexity index is 1050. The number of H-pyrrole nitrogens is 1. The van der Waals surface area contributed by atoms with Gasteiger partial charge >= 0.3 is 0 Å². The highest BCUT2D eigenvalue weighted by Gasteiger charge is 2.16. The predicted molar refractivity (Wildman–Crippen MR) is 112 cm³/mol. The smallest absolute Gasteiger partial charge is 0.288 e. The van der Waals surface area contributed by atoms with E-state index < -0.39 is 10.8 Å². The Balaban J connectivity index is 1.66. The number of benzene rings is 2. The molecule has 0 spiro atoms. The number of amides is 1. The summed E-state index contributed by atoms with van der Waals surface area (Å²) in [6.07, 6.45) is 3.63. The van der Waals surface area contributed by atoms with Crippen molar-refractivity contribution in [1.82, 2.24) is 10.4 Å². The van der Waals surface area contributed by atoms with Crippen molar-refractivity contribution in [2.75, 3.05) is 6.61 Å². The van der Waals surface area contributed by atoms with Gasteiger partial charge in [-0.1, -0.05) is 13.3 Å². The molecule has 3 aromatic rings. The van der Waals surface area contributed by atoms with E-state index in [-0.39, 0.29) is 5.69 Å². The number of ether oxygens (including phenoxy) is 1. The van der Waals surface area contributed by atoms with Gasteiger partial charge in [-0.25, -0.2) is 5.43 Å². The summed E-state index contributed by atoms with van der Waals surface area (Å²) in [7, 11) is 0. The number of nitro groups is 1. The molecule has 3 rings (SSSR count). The van der Waals surface area contributed by atoms with Crippen LogP contribution in [0.2, 0.25) is 0 Å². The van der Waals surface area contributed by atoms with E-state index in [1.54, 1.807) is 13.0 Å². The Kier molecular flexibility index (Phi) is 6.23. The zero-order valence-corrected chi connectivity index (χ0v) is 16.3. The summed E-state index contributed by atoms with van der Waals surface area (Å²) in [6.45, 7) is 4.53. The average Bonchev–Trinajstić information content (AvgIpc) is 3.05. The molecule has 0 aliphatic heterocycles. The van der Waals surface area contributed by atoms with Gasteiger partial charge in [0.25, 0.3) is 11.6 Å². The van der Waals surface area contributed by atoms with E-state index in [2.05, 4.69) is 22.4 Å². The van der Waals surface area contributed by atoms with Gasteiger partial charge in [-0.2, -0.15) is 5.10 Å². The van der Waals surface area contributed by atoms with E-state index >= 15 is 0 Å². The van der Waals surface area contributed by atoms with Gasteiger partial charge in [0.05, 0.1) is 17.7 Å². The van der Waals surface area contributed by atoms with Gasteiger partial charge in [0.15, 0.2) is 0 Å². The first-order chi connectivity index (χ1) is 14.0. The van der Waals surface area contributed by atoms with E-state index in [1.807, 2.05) is 24.3 Å². The molecule has 1 heterocycles. The third-order valence-corrected chi connectivity index (χ3v) is 4.51. The molecule has 8 nitrogen and oxygen atoms in total. The molecule has 29 heavy (non-hydrogen) atoms. The Morgan fingerprint density at radius 1 is 1.28 bits per heavy atom. The number of unbranched alkanes of at least 4 members (excludes halogenated alkanes) is 1. The number of hydrogen-bond acceptors (Lipinski definition) is 5. The van der Waals surface area contributed by atoms with Crippen LogP contribution in [-0.4, -0.2) is 28.6 Å². The van der Waals surface area contributed by atoms with Crippen molar-refractivity contribution in [3.8, 4) is 5.75 Å². The standard InChI is InChI=1S/C21H22N4O4/c1-3-4-11-29-17-8-5-15(6-9-17)13-22-24-21(26)20-14(2)18-12-16(25(27)28)7-10-19(18)23-20/h5-10,12-13,23H,3-4,11H2,1-2H3,(H,24,26)/b22-13+. The minimum absolute atomic E-state index is 0.0216. The van der Waals surface area contributed by atoms with Crippen molar-refractivity contribution in [3.63, 3.8) is 0 Å². The summed E-state index contributed by atoms with van der Waals surface area (Å²) in [5.41, 5.74) is 4.87. The van der Waals surface area contributed by atoms with Crippen LogP contribution in [0.1, 0.15) is 41.4 Å². The number of fused-ring (bicyclic) bond motifs is 1. The summed E-state index contributed by atoms with van der Waals surface area (Å²) >= 11 is 0. The molecule has 0 fully saturated rings. The number of carbonyl (C=O) groups is 1. The van der Waals surface area contributed by atoms with Gasteiger partial charge in [-0.3, -0.25) is 14.9 Å². The molecule has 1 amide bonds. The molecule has 0 radical (unpaired) electrons. The van der Waals surface area contributed by atoms with Crippen LogP contribution in [0.3, 0.4) is 0 Å². The number of nitro benzene ring substituents is 1. The first-order valence-electron chi connectivity index (χ1n) is 9.32. The number of hydrazone groups is 1. The van der Waals surface area contributed by atoms with Crippen molar-refractivity contribution in [2.45, 2.75) is 26.7 Å². The van der Waals surface area contributed by atoms with Crippen molar-refractivity contribution < 1.29 is 14.5 Å². The number of nitrogens with one attached hydrogen (secondary N) is 2. The second-order valence-corrected chi connectivity index (χ2v) is 6.58. The largest absolute Gasteiger partial charge is 0.494 e. The van der Waals surface area contributed by atoms with Gasteiger partial charge in [0.1, 0.15) is 11.4 Å².